The Bertz CT molecular complexity index is 525. The highest BCUT2D eigenvalue weighted by molar-refractivity contribution is 6.42. The lowest BCUT2D eigenvalue weighted by Gasteiger charge is -2.05. The third kappa shape index (κ3) is 3.42. The summed E-state index contributed by atoms with van der Waals surface area (Å²) in [6, 6.07) is 8.97. The van der Waals surface area contributed by atoms with Crippen molar-refractivity contribution < 1.29 is 9.15 Å². The highest BCUT2D eigenvalue weighted by atomic mass is 35.5. The first-order chi connectivity index (χ1) is 8.69. The van der Waals surface area contributed by atoms with Gasteiger partial charge in [-0.05, 0) is 31.3 Å². The van der Waals surface area contributed by atoms with Gasteiger partial charge in [-0.25, -0.2) is 0 Å². The molecule has 2 rings (SSSR count). The van der Waals surface area contributed by atoms with Crippen LogP contribution in [0.25, 0.3) is 0 Å². The lowest BCUT2D eigenvalue weighted by Crippen LogP contribution is -2.03. The lowest BCUT2D eigenvalue weighted by molar-refractivity contribution is 0.265. The molecule has 3 nitrogen and oxygen atoms in total. The molecule has 0 radical (unpaired) electrons. The van der Waals surface area contributed by atoms with Gasteiger partial charge in [0, 0.05) is 6.07 Å². The Morgan fingerprint density at radius 1 is 1.11 bits per heavy atom. The molecule has 0 saturated heterocycles. The molecule has 0 saturated carbocycles. The van der Waals surface area contributed by atoms with Crippen molar-refractivity contribution in [3.63, 3.8) is 0 Å². The monoisotopic (exact) mass is 285 g/mol. The van der Waals surface area contributed by atoms with Crippen molar-refractivity contribution in [1.29, 1.82) is 0 Å². The first kappa shape index (κ1) is 13.3. The van der Waals surface area contributed by atoms with Crippen molar-refractivity contribution >= 4 is 23.2 Å². The smallest absolute Gasteiger partial charge is 0.146 e. The van der Waals surface area contributed by atoms with E-state index in [4.69, 9.17) is 32.4 Å². The summed E-state index contributed by atoms with van der Waals surface area (Å²) in [6.07, 6.45) is 0. The molecule has 0 spiro atoms. The molecule has 96 valence electrons. The topological polar surface area (TPSA) is 34.4 Å². The number of benzene rings is 1. The molecular weight excluding hydrogens is 273 g/mol. The molecule has 0 fully saturated rings. The van der Waals surface area contributed by atoms with E-state index in [2.05, 4.69) is 5.32 Å². The van der Waals surface area contributed by atoms with Crippen LogP contribution in [-0.4, -0.2) is 7.05 Å². The fourth-order valence-electron chi connectivity index (χ4n) is 1.49. The second-order valence-corrected chi connectivity index (χ2v) is 4.58. The molecule has 5 heteroatoms. The maximum Gasteiger partial charge on any atom is 0.146 e. The molecule has 0 aliphatic rings. The van der Waals surface area contributed by atoms with Crippen molar-refractivity contribution in [3.8, 4) is 5.75 Å². The Balaban J connectivity index is 1.95. The van der Waals surface area contributed by atoms with Crippen LogP contribution >= 0.6 is 23.2 Å². The molecule has 0 unspecified atom stereocenters. The second-order valence-electron chi connectivity index (χ2n) is 3.76. The number of halogens is 2. The van der Waals surface area contributed by atoms with E-state index in [0.717, 1.165) is 11.5 Å². The molecule has 0 aliphatic heterocycles. The minimum atomic E-state index is 0.363. The van der Waals surface area contributed by atoms with Crippen LogP contribution < -0.4 is 10.1 Å². The Hall–Kier alpha value is -1.16. The summed E-state index contributed by atoms with van der Waals surface area (Å²) in [5.41, 5.74) is 0. The van der Waals surface area contributed by atoms with Gasteiger partial charge in [-0.15, -0.1) is 0 Å². The van der Waals surface area contributed by atoms with Gasteiger partial charge in [-0.1, -0.05) is 23.2 Å². The second kappa shape index (κ2) is 6.14. The Morgan fingerprint density at radius 3 is 2.61 bits per heavy atom. The van der Waals surface area contributed by atoms with E-state index < -0.39 is 0 Å². The van der Waals surface area contributed by atoms with Crippen molar-refractivity contribution in [1.82, 2.24) is 5.32 Å². The van der Waals surface area contributed by atoms with Gasteiger partial charge in [0.25, 0.3) is 0 Å². The number of ether oxygens (including phenoxy) is 1. The third-order valence-electron chi connectivity index (χ3n) is 2.34. The summed E-state index contributed by atoms with van der Waals surface area (Å²) < 4.78 is 11.1. The lowest BCUT2D eigenvalue weighted by atomic mass is 10.3. The largest absolute Gasteiger partial charge is 0.486 e. The van der Waals surface area contributed by atoms with Gasteiger partial charge in [-0.3, -0.25) is 0 Å². The zero-order chi connectivity index (χ0) is 13.0. The van der Waals surface area contributed by atoms with E-state index in [1.807, 2.05) is 19.2 Å². The highest BCUT2D eigenvalue weighted by Crippen LogP contribution is 2.26. The van der Waals surface area contributed by atoms with Gasteiger partial charge in [0.2, 0.25) is 0 Å². The zero-order valence-corrected chi connectivity index (χ0v) is 11.4. The SMILES string of the molecule is CNCc1ccc(COc2ccc(Cl)c(Cl)c2)o1. The van der Waals surface area contributed by atoms with Gasteiger partial charge < -0.3 is 14.5 Å². The maximum atomic E-state index is 5.90. The van der Waals surface area contributed by atoms with Crippen LogP contribution in [0.15, 0.2) is 34.7 Å². The maximum absolute atomic E-state index is 5.90. The van der Waals surface area contributed by atoms with E-state index in [-0.39, 0.29) is 0 Å². The van der Waals surface area contributed by atoms with Crippen LogP contribution in [0, 0.1) is 0 Å². The van der Waals surface area contributed by atoms with Crippen LogP contribution in [-0.2, 0) is 13.2 Å². The molecule has 0 bridgehead atoms. The minimum absolute atomic E-state index is 0.363. The number of rotatable bonds is 5. The molecule has 1 aromatic heterocycles. The summed E-state index contributed by atoms with van der Waals surface area (Å²) >= 11 is 11.7. The van der Waals surface area contributed by atoms with Gasteiger partial charge in [0.05, 0.1) is 16.6 Å². The molecule has 0 atom stereocenters. The van der Waals surface area contributed by atoms with E-state index >= 15 is 0 Å². The molecule has 0 aliphatic carbocycles. The summed E-state index contributed by atoms with van der Waals surface area (Å²) in [5, 5.41) is 4.01. The molecule has 18 heavy (non-hydrogen) atoms. The number of furan rings is 1. The Morgan fingerprint density at radius 2 is 1.89 bits per heavy atom. The predicted octanol–water partition coefficient (Wildman–Crippen LogP) is 3.88. The summed E-state index contributed by atoms with van der Waals surface area (Å²) in [4.78, 5) is 0. The van der Waals surface area contributed by atoms with Crippen molar-refractivity contribution in [2.45, 2.75) is 13.2 Å². The quantitative estimate of drug-likeness (QED) is 0.905. The van der Waals surface area contributed by atoms with Crippen LogP contribution in [0.5, 0.6) is 5.75 Å². The van der Waals surface area contributed by atoms with Crippen LogP contribution in [0.4, 0.5) is 0 Å². The highest BCUT2D eigenvalue weighted by Gasteiger charge is 2.04. The summed E-state index contributed by atoms with van der Waals surface area (Å²) in [6.45, 7) is 1.06. The molecular formula is C13H13Cl2NO2. The van der Waals surface area contributed by atoms with Gasteiger partial charge in [0.1, 0.15) is 23.9 Å². The molecule has 2 aromatic rings. The first-order valence-corrected chi connectivity index (χ1v) is 6.24. The van der Waals surface area contributed by atoms with Gasteiger partial charge >= 0.3 is 0 Å². The van der Waals surface area contributed by atoms with Crippen LogP contribution in [0.1, 0.15) is 11.5 Å². The average molecular weight is 286 g/mol. The predicted molar refractivity (Wildman–Crippen MR) is 72.3 cm³/mol. The minimum Gasteiger partial charge on any atom is -0.486 e. The number of hydrogen-bond donors (Lipinski definition) is 1. The van der Waals surface area contributed by atoms with E-state index in [0.29, 0.717) is 28.9 Å². The fourth-order valence-corrected chi connectivity index (χ4v) is 1.78. The molecule has 1 aromatic carbocycles. The van der Waals surface area contributed by atoms with Crippen LogP contribution in [0.2, 0.25) is 10.0 Å². The summed E-state index contributed by atoms with van der Waals surface area (Å²) in [5.74, 6) is 2.31. The van der Waals surface area contributed by atoms with Crippen molar-refractivity contribution in [3.05, 3.63) is 51.9 Å². The average Bonchev–Trinajstić information content (AvgIpc) is 2.79. The molecule has 0 amide bonds. The Labute approximate surface area is 116 Å². The normalized spacial score (nSPS) is 10.6. The first-order valence-electron chi connectivity index (χ1n) is 5.49. The third-order valence-corrected chi connectivity index (χ3v) is 3.08. The standard InChI is InChI=1S/C13H13Cl2NO2/c1-16-7-10-2-3-11(18-10)8-17-9-4-5-12(14)13(15)6-9/h2-6,16H,7-8H2,1H3. The summed E-state index contributed by atoms with van der Waals surface area (Å²) in [7, 11) is 1.87. The number of nitrogens with one attached hydrogen (secondary N) is 1. The van der Waals surface area contributed by atoms with Crippen LogP contribution in [0.3, 0.4) is 0 Å². The number of hydrogen-bond acceptors (Lipinski definition) is 3. The Kier molecular flexibility index (Phi) is 4.53. The van der Waals surface area contributed by atoms with E-state index in [9.17, 15) is 0 Å². The molecule has 1 N–H and O–H groups in total. The molecule has 1 heterocycles. The van der Waals surface area contributed by atoms with Crippen molar-refractivity contribution in [2.75, 3.05) is 7.05 Å². The van der Waals surface area contributed by atoms with E-state index in [1.165, 1.54) is 0 Å². The van der Waals surface area contributed by atoms with Crippen molar-refractivity contribution in [2.24, 2.45) is 0 Å². The van der Waals surface area contributed by atoms with Gasteiger partial charge in [-0.2, -0.15) is 0 Å². The van der Waals surface area contributed by atoms with E-state index in [1.54, 1.807) is 18.2 Å². The zero-order valence-electron chi connectivity index (χ0n) is 9.87. The fraction of sp³-hybridized carbons (Fsp3) is 0.231. The van der Waals surface area contributed by atoms with Gasteiger partial charge in [0.15, 0.2) is 0 Å².